The number of esters is 1. The molecule has 0 spiro atoms. The lowest BCUT2D eigenvalue weighted by atomic mass is 9.97. The fourth-order valence-electron chi connectivity index (χ4n) is 3.65. The monoisotopic (exact) mass is 353 g/mol. The van der Waals surface area contributed by atoms with E-state index in [-0.39, 0.29) is 11.3 Å². The number of H-pyrrole nitrogens is 1. The van der Waals surface area contributed by atoms with Crippen molar-refractivity contribution < 1.29 is 14.6 Å². The number of methoxy groups -OCH3 is 1. The molecule has 1 aromatic heterocycles. The van der Waals surface area contributed by atoms with E-state index in [9.17, 15) is 9.90 Å². The first-order chi connectivity index (χ1) is 12.7. The molecule has 138 valence electrons. The summed E-state index contributed by atoms with van der Waals surface area (Å²) in [7, 11) is 1.35. The number of ether oxygens (including phenoxy) is 1. The number of hydrogen-bond donors (Lipinski definition) is 2. The zero-order valence-electron chi connectivity index (χ0n) is 15.6. The van der Waals surface area contributed by atoms with Crippen molar-refractivity contribution in [2.75, 3.05) is 7.11 Å². The maximum absolute atomic E-state index is 12.4. The van der Waals surface area contributed by atoms with Crippen LogP contribution in [0.2, 0.25) is 0 Å². The van der Waals surface area contributed by atoms with Gasteiger partial charge in [0.25, 0.3) is 0 Å². The van der Waals surface area contributed by atoms with Gasteiger partial charge in [0.2, 0.25) is 0 Å². The van der Waals surface area contributed by atoms with Crippen LogP contribution < -0.4 is 0 Å². The number of aromatic nitrogens is 1. The molecule has 0 aliphatic heterocycles. The Morgan fingerprint density at radius 3 is 2.58 bits per heavy atom. The molecular formula is C22H27NO3. The fraction of sp³-hybridized carbons (Fsp3) is 0.409. The van der Waals surface area contributed by atoms with Crippen molar-refractivity contribution in [1.82, 2.24) is 4.98 Å². The lowest BCUT2D eigenvalue weighted by molar-refractivity contribution is 0.0599. The predicted octanol–water partition coefficient (Wildman–Crippen LogP) is 5.72. The minimum absolute atomic E-state index is 0.0580. The van der Waals surface area contributed by atoms with Crippen LogP contribution in [0.1, 0.15) is 61.4 Å². The summed E-state index contributed by atoms with van der Waals surface area (Å²) >= 11 is 0. The Morgan fingerprint density at radius 2 is 1.81 bits per heavy atom. The molecule has 0 radical (unpaired) electrons. The van der Waals surface area contributed by atoms with Crippen LogP contribution in [0.3, 0.4) is 0 Å². The molecular weight excluding hydrogens is 326 g/mol. The summed E-state index contributed by atoms with van der Waals surface area (Å²) in [5, 5.41) is 12.4. The summed E-state index contributed by atoms with van der Waals surface area (Å²) in [4.78, 5) is 15.8. The maximum atomic E-state index is 12.4. The molecule has 1 heterocycles. The first-order valence-electron chi connectivity index (χ1n) is 9.51. The van der Waals surface area contributed by atoms with Gasteiger partial charge in [-0.1, -0.05) is 57.2 Å². The number of carbonyl (C=O) groups excluding carboxylic acids is 1. The summed E-state index contributed by atoms with van der Waals surface area (Å²) in [6.07, 6.45) is 7.89. The third kappa shape index (κ3) is 3.55. The molecule has 26 heavy (non-hydrogen) atoms. The Hall–Kier alpha value is -2.49. The molecule has 0 unspecified atom stereocenters. The van der Waals surface area contributed by atoms with E-state index in [0.29, 0.717) is 0 Å². The lowest BCUT2D eigenvalue weighted by Crippen LogP contribution is -2.04. The second-order valence-electron chi connectivity index (χ2n) is 6.86. The van der Waals surface area contributed by atoms with Gasteiger partial charge in [0.15, 0.2) is 0 Å². The van der Waals surface area contributed by atoms with Gasteiger partial charge in [0, 0.05) is 21.8 Å². The van der Waals surface area contributed by atoms with Gasteiger partial charge in [0.1, 0.15) is 11.3 Å². The van der Waals surface area contributed by atoms with Crippen LogP contribution in [0.4, 0.5) is 0 Å². The van der Waals surface area contributed by atoms with E-state index in [4.69, 9.17) is 4.74 Å². The summed E-state index contributed by atoms with van der Waals surface area (Å²) in [6.45, 7) is 2.21. The van der Waals surface area contributed by atoms with Crippen molar-refractivity contribution in [3.05, 3.63) is 41.5 Å². The van der Waals surface area contributed by atoms with E-state index in [1.54, 1.807) is 0 Å². The standard InChI is InChI=1S/C22H27NO3/c1-3-4-5-6-7-8-11-15-14-18-19(20(21(15)24)22(25)26-2)16-12-9-10-13-17(16)23-18/h9-10,12-14,23-24H,3-8,11H2,1-2H3. The van der Waals surface area contributed by atoms with Crippen LogP contribution in [-0.2, 0) is 11.2 Å². The molecule has 0 amide bonds. The average Bonchev–Trinajstić information content (AvgIpc) is 3.02. The van der Waals surface area contributed by atoms with E-state index in [1.165, 1.54) is 32.8 Å². The first-order valence-corrected chi connectivity index (χ1v) is 9.51. The summed E-state index contributed by atoms with van der Waals surface area (Å²) in [6, 6.07) is 9.78. The Bertz CT molecular complexity index is 911. The van der Waals surface area contributed by atoms with Gasteiger partial charge in [-0.25, -0.2) is 4.79 Å². The second-order valence-corrected chi connectivity index (χ2v) is 6.86. The topological polar surface area (TPSA) is 62.3 Å². The van der Waals surface area contributed by atoms with E-state index in [1.807, 2.05) is 30.3 Å². The molecule has 0 saturated carbocycles. The number of phenolic OH excluding ortho intramolecular Hbond substituents is 1. The quantitative estimate of drug-likeness (QED) is 0.402. The van der Waals surface area contributed by atoms with Gasteiger partial charge in [-0.05, 0) is 30.5 Å². The summed E-state index contributed by atoms with van der Waals surface area (Å²) < 4.78 is 4.96. The highest BCUT2D eigenvalue weighted by Gasteiger charge is 2.22. The third-order valence-electron chi connectivity index (χ3n) is 5.03. The average molecular weight is 353 g/mol. The van der Waals surface area contributed by atoms with Crippen molar-refractivity contribution in [2.45, 2.75) is 51.9 Å². The first kappa shape index (κ1) is 18.3. The van der Waals surface area contributed by atoms with Crippen LogP contribution in [-0.4, -0.2) is 23.2 Å². The molecule has 0 aliphatic carbocycles. The van der Waals surface area contributed by atoms with Gasteiger partial charge in [-0.3, -0.25) is 0 Å². The van der Waals surface area contributed by atoms with E-state index in [0.717, 1.165) is 46.6 Å². The molecule has 4 heteroatoms. The van der Waals surface area contributed by atoms with Gasteiger partial charge in [-0.15, -0.1) is 0 Å². The van der Waals surface area contributed by atoms with Gasteiger partial charge in [-0.2, -0.15) is 0 Å². The van der Waals surface area contributed by atoms with Crippen molar-refractivity contribution in [2.24, 2.45) is 0 Å². The van der Waals surface area contributed by atoms with E-state index < -0.39 is 5.97 Å². The molecule has 4 nitrogen and oxygen atoms in total. The highest BCUT2D eigenvalue weighted by molar-refractivity contribution is 6.18. The molecule has 0 saturated heterocycles. The number of aromatic amines is 1. The molecule has 0 fully saturated rings. The number of unbranched alkanes of at least 4 members (excludes halogenated alkanes) is 5. The number of aryl methyl sites for hydroxylation is 1. The number of carbonyl (C=O) groups is 1. The number of phenols is 1. The van der Waals surface area contributed by atoms with Crippen molar-refractivity contribution in [3.63, 3.8) is 0 Å². The number of rotatable bonds is 8. The number of nitrogens with one attached hydrogen (secondary N) is 1. The minimum Gasteiger partial charge on any atom is -0.507 e. The minimum atomic E-state index is -0.498. The number of hydrogen-bond acceptors (Lipinski definition) is 3. The Balaban J connectivity index is 1.96. The van der Waals surface area contributed by atoms with Crippen molar-refractivity contribution in [1.29, 1.82) is 0 Å². The van der Waals surface area contributed by atoms with Crippen LogP contribution in [0.5, 0.6) is 5.75 Å². The Labute approximate surface area is 154 Å². The Kier molecular flexibility index (Phi) is 5.82. The Morgan fingerprint density at radius 1 is 1.08 bits per heavy atom. The number of fused-ring (bicyclic) bond motifs is 3. The SMILES string of the molecule is CCCCCCCCc1cc2[nH]c3ccccc3c2c(C(=O)OC)c1O. The maximum Gasteiger partial charge on any atom is 0.342 e. The smallest absolute Gasteiger partial charge is 0.342 e. The van der Waals surface area contributed by atoms with Crippen LogP contribution >= 0.6 is 0 Å². The van der Waals surface area contributed by atoms with Gasteiger partial charge >= 0.3 is 5.97 Å². The molecule has 0 bridgehead atoms. The third-order valence-corrected chi connectivity index (χ3v) is 5.03. The fourth-order valence-corrected chi connectivity index (χ4v) is 3.65. The number of para-hydroxylation sites is 1. The van der Waals surface area contributed by atoms with Crippen LogP contribution in [0.25, 0.3) is 21.8 Å². The number of aromatic hydroxyl groups is 1. The summed E-state index contributed by atoms with van der Waals surface area (Å²) in [5.74, 6) is -0.440. The van der Waals surface area contributed by atoms with Crippen LogP contribution in [0, 0.1) is 0 Å². The van der Waals surface area contributed by atoms with Crippen LogP contribution in [0.15, 0.2) is 30.3 Å². The normalized spacial score (nSPS) is 11.3. The lowest BCUT2D eigenvalue weighted by Gasteiger charge is -2.11. The predicted molar refractivity (Wildman–Crippen MR) is 106 cm³/mol. The summed E-state index contributed by atoms with van der Waals surface area (Å²) in [5.41, 5.74) is 2.89. The van der Waals surface area contributed by atoms with Gasteiger partial charge in [0.05, 0.1) is 7.11 Å². The van der Waals surface area contributed by atoms with Crippen molar-refractivity contribution >= 4 is 27.8 Å². The van der Waals surface area contributed by atoms with E-state index >= 15 is 0 Å². The molecule has 3 aromatic rings. The highest BCUT2D eigenvalue weighted by Crippen LogP contribution is 2.37. The molecule has 0 atom stereocenters. The van der Waals surface area contributed by atoms with Crippen molar-refractivity contribution in [3.8, 4) is 5.75 Å². The highest BCUT2D eigenvalue weighted by atomic mass is 16.5. The molecule has 0 aliphatic rings. The second kappa shape index (κ2) is 8.26. The van der Waals surface area contributed by atoms with Gasteiger partial charge < -0.3 is 14.8 Å². The molecule has 3 rings (SSSR count). The molecule has 2 aromatic carbocycles. The number of benzene rings is 2. The van der Waals surface area contributed by atoms with E-state index in [2.05, 4.69) is 11.9 Å². The zero-order valence-corrected chi connectivity index (χ0v) is 15.6. The largest absolute Gasteiger partial charge is 0.507 e. The molecule has 2 N–H and O–H groups in total. The zero-order chi connectivity index (χ0) is 18.5.